The van der Waals surface area contributed by atoms with E-state index in [9.17, 15) is 13.2 Å². The van der Waals surface area contributed by atoms with Crippen molar-refractivity contribution < 1.29 is 13.2 Å². The first-order valence-corrected chi connectivity index (χ1v) is 10.6. The molecule has 132 valence electrons. The fourth-order valence-electron chi connectivity index (χ4n) is 4.43. The number of hydrogen-bond donors (Lipinski definition) is 1. The Morgan fingerprint density at radius 2 is 1.92 bits per heavy atom. The molecule has 2 fully saturated rings. The molecule has 2 aliphatic carbocycles. The summed E-state index contributed by atoms with van der Waals surface area (Å²) in [7, 11) is -3.40. The van der Waals surface area contributed by atoms with Crippen molar-refractivity contribution in [1.29, 1.82) is 0 Å². The first-order valence-electron chi connectivity index (χ1n) is 8.94. The molecule has 0 aromatic heterocycles. The third-order valence-electron chi connectivity index (χ3n) is 5.80. The maximum atomic E-state index is 12.3. The van der Waals surface area contributed by atoms with Gasteiger partial charge in [0.25, 0.3) is 0 Å². The van der Waals surface area contributed by atoms with Crippen molar-refractivity contribution in [3.63, 3.8) is 0 Å². The molecule has 24 heavy (non-hydrogen) atoms. The number of rotatable bonds is 6. The van der Waals surface area contributed by atoms with Gasteiger partial charge < -0.3 is 5.32 Å². The number of fused-ring (bicyclic) bond motifs is 2. The van der Waals surface area contributed by atoms with Crippen molar-refractivity contribution >= 4 is 15.7 Å². The van der Waals surface area contributed by atoms with Gasteiger partial charge in [-0.3, -0.25) is 4.79 Å². The Hall–Kier alpha value is -1.36. The molecule has 0 radical (unpaired) electrons. The van der Waals surface area contributed by atoms with E-state index in [1.165, 1.54) is 25.7 Å². The second-order valence-corrected chi connectivity index (χ2v) is 9.69. The van der Waals surface area contributed by atoms with Gasteiger partial charge in [-0.1, -0.05) is 24.1 Å². The molecule has 0 heterocycles. The number of amides is 1. The number of benzene rings is 1. The van der Waals surface area contributed by atoms with Crippen molar-refractivity contribution in [3.05, 3.63) is 29.8 Å². The molecule has 1 aromatic carbocycles. The molecular formula is C19H27NO3S. The fraction of sp³-hybridized carbons (Fsp3) is 0.632. The van der Waals surface area contributed by atoms with Gasteiger partial charge in [-0.05, 0) is 63.0 Å². The van der Waals surface area contributed by atoms with E-state index in [0.717, 1.165) is 17.4 Å². The molecule has 0 saturated heterocycles. The van der Waals surface area contributed by atoms with E-state index in [-0.39, 0.29) is 24.1 Å². The van der Waals surface area contributed by atoms with E-state index in [0.29, 0.717) is 10.8 Å². The third-order valence-corrected chi connectivity index (χ3v) is 7.53. The molecule has 4 nitrogen and oxygen atoms in total. The van der Waals surface area contributed by atoms with Gasteiger partial charge in [-0.15, -0.1) is 0 Å². The number of aryl methyl sites for hydroxylation is 1. The largest absolute Gasteiger partial charge is 0.353 e. The maximum Gasteiger partial charge on any atom is 0.221 e. The van der Waals surface area contributed by atoms with Gasteiger partial charge in [0.1, 0.15) is 0 Å². The minimum Gasteiger partial charge on any atom is -0.353 e. The zero-order valence-corrected chi connectivity index (χ0v) is 15.3. The van der Waals surface area contributed by atoms with Crippen LogP contribution in [0.5, 0.6) is 0 Å². The molecule has 3 rings (SSSR count). The van der Waals surface area contributed by atoms with E-state index in [4.69, 9.17) is 0 Å². The van der Waals surface area contributed by atoms with Crippen LogP contribution in [-0.4, -0.2) is 26.1 Å². The van der Waals surface area contributed by atoms with E-state index in [1.807, 2.05) is 6.92 Å². The van der Waals surface area contributed by atoms with Crippen molar-refractivity contribution in [1.82, 2.24) is 5.32 Å². The molecule has 1 N–H and O–H groups in total. The Labute approximate surface area is 145 Å². The summed E-state index contributed by atoms with van der Waals surface area (Å²) >= 11 is 0. The average Bonchev–Trinajstić information content (AvgIpc) is 3.16. The van der Waals surface area contributed by atoms with Gasteiger partial charge in [-0.25, -0.2) is 8.42 Å². The van der Waals surface area contributed by atoms with E-state index in [2.05, 4.69) is 12.2 Å². The molecule has 1 amide bonds. The Morgan fingerprint density at radius 1 is 1.21 bits per heavy atom. The van der Waals surface area contributed by atoms with Gasteiger partial charge in [0, 0.05) is 12.5 Å². The van der Waals surface area contributed by atoms with Gasteiger partial charge in [0.2, 0.25) is 5.91 Å². The smallest absolute Gasteiger partial charge is 0.221 e. The number of carbonyl (C=O) groups is 1. The molecule has 0 unspecified atom stereocenters. The highest BCUT2D eigenvalue weighted by Gasteiger charge is 2.42. The SMILES string of the molecule is Cc1ccc(S(=O)(=O)CCC(=O)N[C@H](C)[C@H]2C[C@H]3CC[C@H]2C3)cc1. The zero-order valence-electron chi connectivity index (χ0n) is 14.5. The highest BCUT2D eigenvalue weighted by Crippen LogP contribution is 2.49. The van der Waals surface area contributed by atoms with Crippen molar-refractivity contribution in [2.45, 2.75) is 56.9 Å². The summed E-state index contributed by atoms with van der Waals surface area (Å²) < 4.78 is 24.6. The molecule has 2 saturated carbocycles. The fourth-order valence-corrected chi connectivity index (χ4v) is 5.67. The number of hydrogen-bond acceptors (Lipinski definition) is 3. The van der Waals surface area contributed by atoms with E-state index >= 15 is 0 Å². The van der Waals surface area contributed by atoms with Crippen LogP contribution in [0.3, 0.4) is 0 Å². The van der Waals surface area contributed by atoms with Crippen molar-refractivity contribution in [2.75, 3.05) is 5.75 Å². The van der Waals surface area contributed by atoms with Crippen LogP contribution in [0.1, 0.15) is 44.6 Å². The lowest BCUT2D eigenvalue weighted by Crippen LogP contribution is -2.40. The minimum absolute atomic E-state index is 0.0291. The van der Waals surface area contributed by atoms with Crippen molar-refractivity contribution in [2.24, 2.45) is 17.8 Å². The second kappa shape index (κ2) is 6.87. The number of carbonyl (C=O) groups excluding carboxylic acids is 1. The van der Waals surface area contributed by atoms with Gasteiger partial charge >= 0.3 is 0 Å². The third kappa shape index (κ3) is 3.82. The van der Waals surface area contributed by atoms with Crippen LogP contribution < -0.4 is 5.32 Å². The van der Waals surface area contributed by atoms with Crippen LogP contribution in [0.15, 0.2) is 29.2 Å². The summed E-state index contributed by atoms with van der Waals surface area (Å²) in [6.45, 7) is 3.98. The minimum atomic E-state index is -3.40. The summed E-state index contributed by atoms with van der Waals surface area (Å²) in [5.41, 5.74) is 1.02. The molecule has 5 heteroatoms. The zero-order chi connectivity index (χ0) is 17.3. The van der Waals surface area contributed by atoms with Gasteiger partial charge in [0.15, 0.2) is 9.84 Å². The van der Waals surface area contributed by atoms with Crippen LogP contribution >= 0.6 is 0 Å². The summed E-state index contributed by atoms with van der Waals surface area (Å²) in [4.78, 5) is 12.5. The summed E-state index contributed by atoms with van der Waals surface area (Å²) in [5, 5.41) is 3.04. The first-order chi connectivity index (χ1) is 11.3. The highest BCUT2D eigenvalue weighted by atomic mass is 32.2. The lowest BCUT2D eigenvalue weighted by Gasteiger charge is -2.28. The lowest BCUT2D eigenvalue weighted by molar-refractivity contribution is -0.121. The summed E-state index contributed by atoms with van der Waals surface area (Å²) in [6.07, 6.45) is 5.19. The van der Waals surface area contributed by atoms with E-state index in [1.54, 1.807) is 24.3 Å². The Kier molecular flexibility index (Phi) is 5.00. The monoisotopic (exact) mass is 349 g/mol. The summed E-state index contributed by atoms with van der Waals surface area (Å²) in [6, 6.07) is 6.93. The van der Waals surface area contributed by atoms with Crippen LogP contribution in [0.25, 0.3) is 0 Å². The maximum absolute atomic E-state index is 12.3. The lowest BCUT2D eigenvalue weighted by atomic mass is 9.84. The number of nitrogens with one attached hydrogen (secondary N) is 1. The molecular weight excluding hydrogens is 322 g/mol. The topological polar surface area (TPSA) is 63.2 Å². The van der Waals surface area contributed by atoms with Crippen LogP contribution in [0.4, 0.5) is 0 Å². The van der Waals surface area contributed by atoms with Crippen LogP contribution in [0, 0.1) is 24.7 Å². The molecule has 4 atom stereocenters. The van der Waals surface area contributed by atoms with E-state index < -0.39 is 9.84 Å². The highest BCUT2D eigenvalue weighted by molar-refractivity contribution is 7.91. The predicted octanol–water partition coefficient (Wildman–Crippen LogP) is 3.10. The standard InChI is InChI=1S/C19H27NO3S/c1-13-3-7-17(8-4-13)24(22,23)10-9-19(21)20-14(2)18-12-15-5-6-16(18)11-15/h3-4,7-8,14-16,18H,5-6,9-12H2,1-2H3,(H,20,21)/t14-,15+,16+,18-/m1/s1. The van der Waals surface area contributed by atoms with Gasteiger partial charge in [0.05, 0.1) is 10.6 Å². The molecule has 2 aliphatic rings. The Bertz CT molecular complexity index is 696. The van der Waals surface area contributed by atoms with Crippen LogP contribution in [0.2, 0.25) is 0 Å². The van der Waals surface area contributed by atoms with Gasteiger partial charge in [-0.2, -0.15) is 0 Å². The Morgan fingerprint density at radius 3 is 2.50 bits per heavy atom. The molecule has 0 spiro atoms. The normalized spacial score (nSPS) is 27.2. The molecule has 0 aliphatic heterocycles. The second-order valence-electron chi connectivity index (χ2n) is 7.58. The molecule has 2 bridgehead atoms. The summed E-state index contributed by atoms with van der Waals surface area (Å²) in [5.74, 6) is 1.89. The molecule has 1 aromatic rings. The Balaban J connectivity index is 1.51. The quantitative estimate of drug-likeness (QED) is 0.858. The first kappa shape index (κ1) is 17.5. The number of sulfone groups is 1. The average molecular weight is 349 g/mol. The van der Waals surface area contributed by atoms with Crippen molar-refractivity contribution in [3.8, 4) is 0 Å². The van der Waals surface area contributed by atoms with Crippen LogP contribution in [-0.2, 0) is 14.6 Å². The predicted molar refractivity (Wildman–Crippen MR) is 94.4 cm³/mol.